The van der Waals surface area contributed by atoms with Gasteiger partial charge in [0.2, 0.25) is 0 Å². The minimum absolute atomic E-state index is 0.0514. The second-order valence-corrected chi connectivity index (χ2v) is 3.94. The van der Waals surface area contributed by atoms with Crippen molar-refractivity contribution in [3.63, 3.8) is 0 Å². The first kappa shape index (κ1) is 14.7. The number of amides is 1. The Balaban J connectivity index is 2.38. The second kappa shape index (κ2) is 8.66. The maximum Gasteiger partial charge on any atom is 0.251 e. The van der Waals surface area contributed by atoms with Crippen molar-refractivity contribution in [1.82, 2.24) is 5.32 Å². The number of nitrogens with one attached hydrogen (secondary N) is 1. The average molecular weight is 251 g/mol. The molecule has 0 aliphatic carbocycles. The van der Waals surface area contributed by atoms with E-state index in [9.17, 15) is 4.79 Å². The van der Waals surface area contributed by atoms with Gasteiger partial charge in [-0.15, -0.1) is 0 Å². The normalized spacial score (nSPS) is 10.3. The van der Waals surface area contributed by atoms with Crippen LogP contribution in [0.5, 0.6) is 0 Å². The van der Waals surface area contributed by atoms with Gasteiger partial charge in [0, 0.05) is 32.4 Å². The Morgan fingerprint density at radius 1 is 1.39 bits per heavy atom. The van der Waals surface area contributed by atoms with Crippen molar-refractivity contribution in [3.05, 3.63) is 35.4 Å². The summed E-state index contributed by atoms with van der Waals surface area (Å²) >= 11 is 0. The lowest BCUT2D eigenvalue weighted by molar-refractivity contribution is 0.0944. The molecule has 1 aromatic carbocycles. The van der Waals surface area contributed by atoms with Gasteiger partial charge in [0.25, 0.3) is 5.91 Å². The highest BCUT2D eigenvalue weighted by molar-refractivity contribution is 5.94. The molecule has 0 radical (unpaired) electrons. The number of hydrogen-bond acceptors (Lipinski definition) is 3. The Bertz CT molecular complexity index is 366. The first-order valence-corrected chi connectivity index (χ1v) is 6.21. The van der Waals surface area contributed by atoms with Gasteiger partial charge in [0.1, 0.15) is 0 Å². The predicted molar refractivity (Wildman–Crippen MR) is 70.6 cm³/mol. The van der Waals surface area contributed by atoms with Gasteiger partial charge in [0.15, 0.2) is 0 Å². The highest BCUT2D eigenvalue weighted by atomic mass is 16.5. The minimum Gasteiger partial charge on any atom is -0.382 e. The van der Waals surface area contributed by atoms with Crippen molar-refractivity contribution in [2.24, 2.45) is 0 Å². The number of benzene rings is 1. The number of carbonyl (C=O) groups excluding carboxylic acids is 1. The Hall–Kier alpha value is -1.39. The van der Waals surface area contributed by atoms with Crippen LogP contribution in [0.4, 0.5) is 0 Å². The molecule has 4 nitrogen and oxygen atoms in total. The molecule has 0 spiro atoms. The summed E-state index contributed by atoms with van der Waals surface area (Å²) in [6.45, 7) is 4.51. The number of rotatable bonds is 8. The van der Waals surface area contributed by atoms with Crippen LogP contribution >= 0.6 is 0 Å². The largest absolute Gasteiger partial charge is 0.382 e. The molecule has 0 aromatic heterocycles. The molecule has 0 fully saturated rings. The van der Waals surface area contributed by atoms with Crippen molar-refractivity contribution >= 4 is 5.91 Å². The number of ether oxygens (including phenoxy) is 2. The van der Waals surface area contributed by atoms with Crippen LogP contribution in [0.3, 0.4) is 0 Å². The van der Waals surface area contributed by atoms with E-state index in [1.807, 2.05) is 25.1 Å². The monoisotopic (exact) mass is 251 g/mol. The summed E-state index contributed by atoms with van der Waals surface area (Å²) in [7, 11) is 1.64. The van der Waals surface area contributed by atoms with Crippen LogP contribution in [0.1, 0.15) is 29.3 Å². The van der Waals surface area contributed by atoms with Crippen molar-refractivity contribution < 1.29 is 14.3 Å². The Morgan fingerprint density at radius 2 is 2.22 bits per heavy atom. The molecule has 0 bridgehead atoms. The third kappa shape index (κ3) is 5.29. The quantitative estimate of drug-likeness (QED) is 0.719. The number of carbonyl (C=O) groups is 1. The van der Waals surface area contributed by atoms with Crippen LogP contribution in [0.2, 0.25) is 0 Å². The van der Waals surface area contributed by atoms with Crippen LogP contribution in [0, 0.1) is 0 Å². The van der Waals surface area contributed by atoms with E-state index in [1.54, 1.807) is 13.2 Å². The first-order chi connectivity index (χ1) is 8.77. The van der Waals surface area contributed by atoms with Crippen LogP contribution in [-0.4, -0.2) is 32.8 Å². The zero-order chi connectivity index (χ0) is 13.2. The average Bonchev–Trinajstić information content (AvgIpc) is 2.39. The van der Waals surface area contributed by atoms with E-state index in [4.69, 9.17) is 9.47 Å². The zero-order valence-corrected chi connectivity index (χ0v) is 11.1. The van der Waals surface area contributed by atoms with E-state index in [2.05, 4.69) is 5.32 Å². The third-order valence-corrected chi connectivity index (χ3v) is 2.46. The van der Waals surface area contributed by atoms with Crippen molar-refractivity contribution in [2.75, 3.05) is 26.9 Å². The summed E-state index contributed by atoms with van der Waals surface area (Å²) < 4.78 is 10.2. The van der Waals surface area contributed by atoms with Crippen LogP contribution < -0.4 is 5.32 Å². The van der Waals surface area contributed by atoms with E-state index in [0.717, 1.165) is 12.0 Å². The van der Waals surface area contributed by atoms with Crippen LogP contribution in [0.25, 0.3) is 0 Å². The standard InChI is InChI=1S/C14H21NO3/c1-3-18-9-5-8-15-14(16)13-7-4-6-12(10-13)11-17-2/h4,6-7,10H,3,5,8-9,11H2,1-2H3,(H,15,16). The van der Waals surface area contributed by atoms with Gasteiger partial charge >= 0.3 is 0 Å². The SMILES string of the molecule is CCOCCCNC(=O)c1cccc(COC)c1. The molecule has 1 rings (SSSR count). The minimum atomic E-state index is -0.0514. The molecule has 18 heavy (non-hydrogen) atoms. The van der Waals surface area contributed by atoms with Gasteiger partial charge in [-0.1, -0.05) is 12.1 Å². The predicted octanol–water partition coefficient (Wildman–Crippen LogP) is 1.99. The maximum absolute atomic E-state index is 11.8. The van der Waals surface area contributed by atoms with Crippen molar-refractivity contribution in [1.29, 1.82) is 0 Å². The smallest absolute Gasteiger partial charge is 0.251 e. The van der Waals surface area contributed by atoms with Crippen molar-refractivity contribution in [2.45, 2.75) is 20.0 Å². The summed E-state index contributed by atoms with van der Waals surface area (Å²) in [5.41, 5.74) is 1.67. The molecule has 1 amide bonds. The molecule has 1 aromatic rings. The highest BCUT2D eigenvalue weighted by Crippen LogP contribution is 2.06. The molecule has 0 unspecified atom stereocenters. The maximum atomic E-state index is 11.8. The summed E-state index contributed by atoms with van der Waals surface area (Å²) in [6, 6.07) is 7.46. The van der Waals surface area contributed by atoms with E-state index >= 15 is 0 Å². The molecule has 1 N–H and O–H groups in total. The Morgan fingerprint density at radius 3 is 2.94 bits per heavy atom. The first-order valence-electron chi connectivity index (χ1n) is 6.21. The third-order valence-electron chi connectivity index (χ3n) is 2.46. The van der Waals surface area contributed by atoms with Crippen LogP contribution in [0.15, 0.2) is 24.3 Å². The molecule has 0 aliphatic rings. The fourth-order valence-electron chi connectivity index (χ4n) is 1.59. The van der Waals surface area contributed by atoms with Gasteiger partial charge in [-0.25, -0.2) is 0 Å². The summed E-state index contributed by atoms with van der Waals surface area (Å²) in [5.74, 6) is -0.0514. The topological polar surface area (TPSA) is 47.6 Å². The molecular formula is C14H21NO3. The van der Waals surface area contributed by atoms with E-state index in [0.29, 0.717) is 31.9 Å². The van der Waals surface area contributed by atoms with E-state index < -0.39 is 0 Å². The molecule has 0 saturated carbocycles. The summed E-state index contributed by atoms with van der Waals surface area (Å²) in [5, 5.41) is 2.87. The number of methoxy groups -OCH3 is 1. The lowest BCUT2D eigenvalue weighted by Crippen LogP contribution is -2.25. The second-order valence-electron chi connectivity index (χ2n) is 3.94. The summed E-state index contributed by atoms with van der Waals surface area (Å²) in [4.78, 5) is 11.8. The van der Waals surface area contributed by atoms with Gasteiger partial charge < -0.3 is 14.8 Å². The fraction of sp³-hybridized carbons (Fsp3) is 0.500. The van der Waals surface area contributed by atoms with Crippen molar-refractivity contribution in [3.8, 4) is 0 Å². The zero-order valence-electron chi connectivity index (χ0n) is 11.1. The Labute approximate surface area is 108 Å². The lowest BCUT2D eigenvalue weighted by atomic mass is 10.1. The molecule has 0 atom stereocenters. The molecule has 100 valence electrons. The lowest BCUT2D eigenvalue weighted by Gasteiger charge is -2.07. The molecule has 0 aliphatic heterocycles. The van der Waals surface area contributed by atoms with Gasteiger partial charge in [0.05, 0.1) is 6.61 Å². The Kier molecular flexibility index (Phi) is 7.06. The van der Waals surface area contributed by atoms with E-state index in [-0.39, 0.29) is 5.91 Å². The summed E-state index contributed by atoms with van der Waals surface area (Å²) in [6.07, 6.45) is 0.831. The fourth-order valence-corrected chi connectivity index (χ4v) is 1.59. The van der Waals surface area contributed by atoms with Gasteiger partial charge in [-0.3, -0.25) is 4.79 Å². The van der Waals surface area contributed by atoms with Gasteiger partial charge in [-0.2, -0.15) is 0 Å². The molecular weight excluding hydrogens is 230 g/mol. The van der Waals surface area contributed by atoms with E-state index in [1.165, 1.54) is 0 Å². The van der Waals surface area contributed by atoms with Gasteiger partial charge in [-0.05, 0) is 31.0 Å². The highest BCUT2D eigenvalue weighted by Gasteiger charge is 2.05. The van der Waals surface area contributed by atoms with Crippen LogP contribution in [-0.2, 0) is 16.1 Å². The molecule has 0 saturated heterocycles. The number of hydrogen-bond donors (Lipinski definition) is 1. The molecule has 0 heterocycles. The molecule has 4 heteroatoms.